The van der Waals surface area contributed by atoms with E-state index in [1.165, 1.54) is 18.4 Å². The summed E-state index contributed by atoms with van der Waals surface area (Å²) >= 11 is 0. The highest BCUT2D eigenvalue weighted by molar-refractivity contribution is 6.53. The SMILES string of the molecule is CB(O)N1CCC2(CC2)c2ccc[n+](O)c21. The minimum Gasteiger partial charge on any atom is -0.412 e. The van der Waals surface area contributed by atoms with E-state index in [0.29, 0.717) is 0 Å². The fourth-order valence-corrected chi connectivity index (χ4v) is 2.80. The summed E-state index contributed by atoms with van der Waals surface area (Å²) in [7, 11) is -0.560. The zero-order chi connectivity index (χ0) is 11.3. The number of rotatable bonds is 1. The lowest BCUT2D eigenvalue weighted by atomic mass is 9.78. The van der Waals surface area contributed by atoms with Crippen molar-refractivity contribution in [2.24, 2.45) is 0 Å². The number of aromatic nitrogens is 1. The van der Waals surface area contributed by atoms with Crippen LogP contribution in [0.2, 0.25) is 6.82 Å². The molecule has 1 aromatic heterocycles. The van der Waals surface area contributed by atoms with Crippen LogP contribution >= 0.6 is 0 Å². The zero-order valence-electron chi connectivity index (χ0n) is 9.43. The molecule has 1 fully saturated rings. The van der Waals surface area contributed by atoms with Gasteiger partial charge in [-0.3, -0.25) is 4.81 Å². The number of pyridine rings is 1. The zero-order valence-corrected chi connectivity index (χ0v) is 9.43. The topological polar surface area (TPSA) is 47.6 Å². The molecule has 1 aromatic rings. The lowest BCUT2D eigenvalue weighted by Gasteiger charge is -2.30. The molecule has 2 heterocycles. The van der Waals surface area contributed by atoms with Crippen molar-refractivity contribution in [1.82, 2.24) is 0 Å². The molecule has 0 unspecified atom stereocenters. The average Bonchev–Trinajstić information content (AvgIpc) is 3.00. The molecule has 4 nitrogen and oxygen atoms in total. The first-order valence-corrected chi connectivity index (χ1v) is 5.83. The van der Waals surface area contributed by atoms with Crippen LogP contribution in [0, 0.1) is 0 Å². The van der Waals surface area contributed by atoms with E-state index in [4.69, 9.17) is 0 Å². The van der Waals surface area contributed by atoms with E-state index >= 15 is 0 Å². The van der Waals surface area contributed by atoms with Crippen LogP contribution in [0.4, 0.5) is 5.82 Å². The van der Waals surface area contributed by atoms with Gasteiger partial charge in [0.2, 0.25) is 0 Å². The molecule has 84 valence electrons. The second kappa shape index (κ2) is 3.14. The van der Waals surface area contributed by atoms with Gasteiger partial charge >= 0.3 is 12.9 Å². The van der Waals surface area contributed by atoms with Gasteiger partial charge in [0, 0.05) is 11.0 Å². The number of anilines is 1. The Morgan fingerprint density at radius 2 is 2.19 bits per heavy atom. The quantitative estimate of drug-likeness (QED) is 0.412. The lowest BCUT2D eigenvalue weighted by molar-refractivity contribution is -0.894. The van der Waals surface area contributed by atoms with Crippen LogP contribution < -0.4 is 9.54 Å². The van der Waals surface area contributed by atoms with Gasteiger partial charge in [0.25, 0.3) is 0 Å². The molecule has 0 bridgehead atoms. The van der Waals surface area contributed by atoms with E-state index in [-0.39, 0.29) is 5.41 Å². The molecule has 5 heteroatoms. The maximum absolute atomic E-state index is 9.90. The normalized spacial score (nSPS) is 20.8. The van der Waals surface area contributed by atoms with Crippen LogP contribution in [-0.4, -0.2) is 23.8 Å². The van der Waals surface area contributed by atoms with Gasteiger partial charge in [-0.1, -0.05) is 4.73 Å². The first-order chi connectivity index (χ1) is 7.64. The van der Waals surface area contributed by atoms with E-state index < -0.39 is 7.05 Å². The Morgan fingerprint density at radius 1 is 1.44 bits per heavy atom. The fraction of sp³-hybridized carbons (Fsp3) is 0.545. The van der Waals surface area contributed by atoms with E-state index in [0.717, 1.165) is 23.5 Å². The van der Waals surface area contributed by atoms with Gasteiger partial charge in [0.1, 0.15) is 6.20 Å². The highest BCUT2D eigenvalue weighted by Crippen LogP contribution is 2.55. The number of hydrogen-bond acceptors (Lipinski definition) is 3. The lowest BCUT2D eigenvalue weighted by Crippen LogP contribution is -2.51. The van der Waals surface area contributed by atoms with Gasteiger partial charge in [-0.25, -0.2) is 0 Å². The van der Waals surface area contributed by atoms with E-state index in [1.54, 1.807) is 13.0 Å². The molecule has 1 aliphatic carbocycles. The molecule has 0 amide bonds. The summed E-state index contributed by atoms with van der Waals surface area (Å²) in [5.41, 5.74) is 1.47. The average molecular weight is 219 g/mol. The molecule has 1 saturated carbocycles. The minimum absolute atomic E-state index is 0.284. The van der Waals surface area contributed by atoms with Crippen molar-refractivity contribution >= 4 is 12.9 Å². The van der Waals surface area contributed by atoms with Gasteiger partial charge in [0.05, 0.1) is 6.54 Å². The van der Waals surface area contributed by atoms with Gasteiger partial charge in [0.15, 0.2) is 0 Å². The smallest absolute Gasteiger partial charge is 0.412 e. The van der Waals surface area contributed by atoms with Crippen LogP contribution in [0.3, 0.4) is 0 Å². The van der Waals surface area contributed by atoms with Gasteiger partial charge < -0.3 is 10.2 Å². The van der Waals surface area contributed by atoms with Crippen molar-refractivity contribution in [2.45, 2.75) is 31.5 Å². The van der Waals surface area contributed by atoms with E-state index in [9.17, 15) is 10.2 Å². The Kier molecular flexibility index (Phi) is 1.95. The Labute approximate surface area is 95.2 Å². The summed E-state index contributed by atoms with van der Waals surface area (Å²) in [6.07, 6.45) is 5.11. The summed E-state index contributed by atoms with van der Waals surface area (Å²) in [5.74, 6) is 0.765. The monoisotopic (exact) mass is 219 g/mol. The van der Waals surface area contributed by atoms with Crippen LogP contribution in [-0.2, 0) is 5.41 Å². The molecule has 0 radical (unpaired) electrons. The van der Waals surface area contributed by atoms with Crippen molar-refractivity contribution < 1.29 is 15.0 Å². The molecule has 2 N–H and O–H groups in total. The van der Waals surface area contributed by atoms with Crippen molar-refractivity contribution in [1.29, 1.82) is 0 Å². The van der Waals surface area contributed by atoms with Crippen molar-refractivity contribution in [2.75, 3.05) is 11.4 Å². The maximum Gasteiger partial charge on any atom is 0.532 e. The van der Waals surface area contributed by atoms with Gasteiger partial charge in [-0.2, -0.15) is 0 Å². The van der Waals surface area contributed by atoms with E-state index in [1.807, 2.05) is 10.9 Å². The summed E-state index contributed by atoms with van der Waals surface area (Å²) in [5, 5.41) is 19.6. The Morgan fingerprint density at radius 3 is 2.81 bits per heavy atom. The Balaban J connectivity index is 2.15. The van der Waals surface area contributed by atoms with Crippen molar-refractivity contribution in [3.63, 3.8) is 0 Å². The van der Waals surface area contributed by atoms with Gasteiger partial charge in [-0.05, 0) is 38.2 Å². The number of fused-ring (bicyclic) bond motifs is 2. The van der Waals surface area contributed by atoms with Gasteiger partial charge in [-0.15, -0.1) is 0 Å². The first kappa shape index (κ1) is 9.96. The Bertz CT molecular complexity index is 432. The molecular weight excluding hydrogens is 203 g/mol. The third-order valence-electron chi connectivity index (χ3n) is 3.93. The molecule has 1 spiro atoms. The van der Waals surface area contributed by atoms with Crippen LogP contribution in [0.15, 0.2) is 18.3 Å². The molecule has 2 aliphatic rings. The molecule has 0 atom stereocenters. The highest BCUT2D eigenvalue weighted by Gasteiger charge is 2.53. The molecular formula is C11H16BN2O2+. The second-order valence-electron chi connectivity index (χ2n) is 4.95. The van der Waals surface area contributed by atoms with Crippen LogP contribution in [0.1, 0.15) is 24.8 Å². The molecule has 16 heavy (non-hydrogen) atoms. The van der Waals surface area contributed by atoms with Crippen LogP contribution in [0.5, 0.6) is 0 Å². The third-order valence-corrected chi connectivity index (χ3v) is 3.93. The third kappa shape index (κ3) is 1.24. The summed E-state index contributed by atoms with van der Waals surface area (Å²) in [6, 6.07) is 3.94. The molecule has 1 aliphatic heterocycles. The van der Waals surface area contributed by atoms with E-state index in [2.05, 4.69) is 6.07 Å². The number of nitrogens with zero attached hydrogens (tertiary/aromatic N) is 2. The summed E-state index contributed by atoms with van der Waals surface area (Å²) in [6.45, 7) is 2.55. The predicted octanol–water partition coefficient (Wildman–Crippen LogP) is 0.563. The predicted molar refractivity (Wildman–Crippen MR) is 60.5 cm³/mol. The summed E-state index contributed by atoms with van der Waals surface area (Å²) < 4.78 is 1.14. The minimum atomic E-state index is -0.560. The van der Waals surface area contributed by atoms with Crippen LogP contribution in [0.25, 0.3) is 0 Å². The maximum atomic E-state index is 9.90. The van der Waals surface area contributed by atoms with Crippen molar-refractivity contribution in [3.05, 3.63) is 23.9 Å². The molecule has 0 saturated heterocycles. The Hall–Kier alpha value is -1.23. The standard InChI is InChI=1S/C11H16BN2O2/c1-12(15)13-8-6-11(4-5-11)9-3-2-7-14(16)10(9)13/h2-3,7,15-16H,4-6,8H2,1H3/q+1. The number of hydrogen-bond donors (Lipinski definition) is 2. The second-order valence-corrected chi connectivity index (χ2v) is 4.95. The van der Waals surface area contributed by atoms with Crippen molar-refractivity contribution in [3.8, 4) is 0 Å². The molecule has 3 rings (SSSR count). The fourth-order valence-electron chi connectivity index (χ4n) is 2.80. The largest absolute Gasteiger partial charge is 0.532 e. The molecule has 0 aromatic carbocycles. The summed E-state index contributed by atoms with van der Waals surface area (Å²) in [4.78, 5) is 1.86. The first-order valence-electron chi connectivity index (χ1n) is 5.83. The highest BCUT2D eigenvalue weighted by atomic mass is 16.5.